The maximum atomic E-state index is 3.31. The summed E-state index contributed by atoms with van der Waals surface area (Å²) in [5, 5.41) is 0. The summed E-state index contributed by atoms with van der Waals surface area (Å²) in [6.45, 7) is 4.25. The zero-order chi connectivity index (χ0) is 15.0. The third-order valence-corrected chi connectivity index (χ3v) is 3.92. The summed E-state index contributed by atoms with van der Waals surface area (Å²) in [5.41, 5.74) is 7.92. The van der Waals surface area contributed by atoms with E-state index in [2.05, 4.69) is 48.1 Å². The van der Waals surface area contributed by atoms with E-state index in [1.165, 1.54) is 69.8 Å². The Hall–Kier alpha value is -0.570. The average Bonchev–Trinajstić information content (AvgIpc) is 2.53. The summed E-state index contributed by atoms with van der Waals surface area (Å²) in [7, 11) is 0. The van der Waals surface area contributed by atoms with E-state index in [4.69, 9.17) is 0 Å². The molecule has 0 atom stereocenters. The molecule has 0 unspecified atom stereocenters. The van der Waals surface area contributed by atoms with Crippen molar-refractivity contribution in [3.05, 3.63) is 35.9 Å². The van der Waals surface area contributed by atoms with Gasteiger partial charge in [0.25, 0.3) is 0 Å². The molecular formula is C19H35ClN2. The molecule has 0 radical (unpaired) electrons. The van der Waals surface area contributed by atoms with Gasteiger partial charge >= 0.3 is 0 Å². The summed E-state index contributed by atoms with van der Waals surface area (Å²) in [6.07, 6.45) is 14.0. The molecule has 0 aliphatic heterocycles. The van der Waals surface area contributed by atoms with Crippen molar-refractivity contribution >= 4 is 12.4 Å². The fourth-order valence-corrected chi connectivity index (χ4v) is 2.55. The van der Waals surface area contributed by atoms with Crippen molar-refractivity contribution in [1.29, 1.82) is 0 Å². The van der Waals surface area contributed by atoms with Crippen LogP contribution >= 0.6 is 12.4 Å². The van der Waals surface area contributed by atoms with Crippen molar-refractivity contribution in [3.8, 4) is 0 Å². The molecule has 0 saturated heterocycles. The molecule has 128 valence electrons. The predicted octanol–water partition coefficient (Wildman–Crippen LogP) is 5.62. The molecular weight excluding hydrogens is 292 g/mol. The molecule has 0 saturated carbocycles. The third kappa shape index (κ3) is 13.1. The number of hydrogen-bond acceptors (Lipinski definition) is 2. The fourth-order valence-electron chi connectivity index (χ4n) is 2.55. The first kappa shape index (κ1) is 21.4. The van der Waals surface area contributed by atoms with Crippen LogP contribution < -0.4 is 10.9 Å². The van der Waals surface area contributed by atoms with Crippen LogP contribution in [0.15, 0.2) is 30.3 Å². The Morgan fingerprint density at radius 2 is 1.23 bits per heavy atom. The number of hydrogen-bond donors (Lipinski definition) is 2. The molecule has 0 heterocycles. The Morgan fingerprint density at radius 1 is 0.682 bits per heavy atom. The molecule has 2 nitrogen and oxygen atoms in total. The Balaban J connectivity index is 0.00000441. The van der Waals surface area contributed by atoms with Gasteiger partial charge in [0.05, 0.1) is 0 Å². The van der Waals surface area contributed by atoms with Crippen molar-refractivity contribution in [2.24, 2.45) is 0 Å². The smallest absolute Gasteiger partial charge is 0.0351 e. The van der Waals surface area contributed by atoms with Gasteiger partial charge in [0.2, 0.25) is 0 Å². The lowest BCUT2D eigenvalue weighted by Gasteiger charge is -2.07. The number of hydrazine groups is 1. The minimum atomic E-state index is 0. The SMILES string of the molecule is CCCCCCCCCCCCNNCc1ccccc1.Cl. The Bertz CT molecular complexity index is 316. The van der Waals surface area contributed by atoms with Crippen LogP contribution in [0.1, 0.15) is 76.7 Å². The van der Waals surface area contributed by atoms with Gasteiger partial charge in [-0.15, -0.1) is 12.4 Å². The molecule has 0 bridgehead atoms. The molecule has 0 spiro atoms. The fraction of sp³-hybridized carbons (Fsp3) is 0.684. The van der Waals surface area contributed by atoms with Gasteiger partial charge in [-0.05, 0) is 12.0 Å². The normalized spacial score (nSPS) is 10.4. The second-order valence-electron chi connectivity index (χ2n) is 5.95. The number of rotatable bonds is 14. The van der Waals surface area contributed by atoms with Gasteiger partial charge in [-0.3, -0.25) is 10.9 Å². The Labute approximate surface area is 143 Å². The highest BCUT2D eigenvalue weighted by Gasteiger charge is 1.93. The highest BCUT2D eigenvalue weighted by molar-refractivity contribution is 5.85. The first-order valence-electron chi connectivity index (χ1n) is 8.93. The maximum absolute atomic E-state index is 3.31. The predicted molar refractivity (Wildman–Crippen MR) is 100 cm³/mol. The van der Waals surface area contributed by atoms with Gasteiger partial charge in [-0.25, -0.2) is 0 Å². The van der Waals surface area contributed by atoms with Crippen LogP contribution in [0.3, 0.4) is 0 Å². The molecule has 0 aliphatic rings. The maximum Gasteiger partial charge on any atom is 0.0351 e. The molecule has 0 aliphatic carbocycles. The molecule has 0 fully saturated rings. The van der Waals surface area contributed by atoms with E-state index in [0.29, 0.717) is 0 Å². The molecule has 1 rings (SSSR count). The van der Waals surface area contributed by atoms with Gasteiger partial charge < -0.3 is 0 Å². The van der Waals surface area contributed by atoms with Gasteiger partial charge in [0, 0.05) is 13.1 Å². The van der Waals surface area contributed by atoms with Crippen molar-refractivity contribution in [2.75, 3.05) is 6.54 Å². The molecule has 22 heavy (non-hydrogen) atoms. The Kier molecular flexibility index (Phi) is 16.4. The topological polar surface area (TPSA) is 24.1 Å². The molecule has 3 heteroatoms. The highest BCUT2D eigenvalue weighted by Crippen LogP contribution is 2.10. The van der Waals surface area contributed by atoms with Gasteiger partial charge in [-0.1, -0.05) is 95.0 Å². The van der Waals surface area contributed by atoms with Gasteiger partial charge in [-0.2, -0.15) is 0 Å². The van der Waals surface area contributed by atoms with Crippen LogP contribution in [0.25, 0.3) is 0 Å². The number of benzene rings is 1. The quantitative estimate of drug-likeness (QED) is 0.342. The number of nitrogens with one attached hydrogen (secondary N) is 2. The molecule has 0 amide bonds. The van der Waals surface area contributed by atoms with Crippen LogP contribution in [-0.4, -0.2) is 6.54 Å². The summed E-state index contributed by atoms with van der Waals surface area (Å²) >= 11 is 0. The summed E-state index contributed by atoms with van der Waals surface area (Å²) in [5.74, 6) is 0. The minimum Gasteiger partial charge on any atom is -0.258 e. The van der Waals surface area contributed by atoms with Crippen LogP contribution in [0.4, 0.5) is 0 Å². The van der Waals surface area contributed by atoms with Crippen LogP contribution in [0.5, 0.6) is 0 Å². The summed E-state index contributed by atoms with van der Waals surface area (Å²) in [6, 6.07) is 10.5. The number of halogens is 1. The van der Waals surface area contributed by atoms with E-state index in [9.17, 15) is 0 Å². The zero-order valence-electron chi connectivity index (χ0n) is 14.3. The first-order valence-corrected chi connectivity index (χ1v) is 8.93. The molecule has 1 aromatic rings. The van der Waals surface area contributed by atoms with E-state index < -0.39 is 0 Å². The van der Waals surface area contributed by atoms with Crippen LogP contribution in [0.2, 0.25) is 0 Å². The van der Waals surface area contributed by atoms with E-state index in [1.807, 2.05) is 0 Å². The monoisotopic (exact) mass is 326 g/mol. The summed E-state index contributed by atoms with van der Waals surface area (Å²) in [4.78, 5) is 0. The van der Waals surface area contributed by atoms with Gasteiger partial charge in [0.1, 0.15) is 0 Å². The molecule has 1 aromatic carbocycles. The van der Waals surface area contributed by atoms with Crippen LogP contribution in [0, 0.1) is 0 Å². The van der Waals surface area contributed by atoms with Gasteiger partial charge in [0.15, 0.2) is 0 Å². The van der Waals surface area contributed by atoms with E-state index in [1.54, 1.807) is 0 Å². The highest BCUT2D eigenvalue weighted by atomic mass is 35.5. The lowest BCUT2D eigenvalue weighted by Crippen LogP contribution is -2.31. The summed E-state index contributed by atoms with van der Waals surface area (Å²) < 4.78 is 0. The van der Waals surface area contributed by atoms with Crippen molar-refractivity contribution in [2.45, 2.75) is 77.7 Å². The standard InChI is InChI=1S/C19H34N2.ClH/c1-2-3-4-5-6-7-8-9-10-14-17-20-21-18-19-15-12-11-13-16-19;/h11-13,15-16,20-21H,2-10,14,17-18H2,1H3;1H. The van der Waals surface area contributed by atoms with E-state index in [0.717, 1.165) is 13.1 Å². The molecule has 2 N–H and O–H groups in total. The molecule has 0 aromatic heterocycles. The van der Waals surface area contributed by atoms with E-state index >= 15 is 0 Å². The second kappa shape index (κ2) is 16.8. The van der Waals surface area contributed by atoms with Crippen molar-refractivity contribution in [1.82, 2.24) is 10.9 Å². The first-order chi connectivity index (χ1) is 10.4. The lowest BCUT2D eigenvalue weighted by molar-refractivity contribution is 0.495. The average molecular weight is 327 g/mol. The third-order valence-electron chi connectivity index (χ3n) is 3.92. The van der Waals surface area contributed by atoms with E-state index in [-0.39, 0.29) is 12.4 Å². The lowest BCUT2D eigenvalue weighted by atomic mass is 10.1. The Morgan fingerprint density at radius 3 is 1.82 bits per heavy atom. The van der Waals surface area contributed by atoms with Crippen molar-refractivity contribution < 1.29 is 0 Å². The number of unbranched alkanes of at least 4 members (excludes halogenated alkanes) is 9. The zero-order valence-corrected chi connectivity index (χ0v) is 15.1. The minimum absolute atomic E-state index is 0. The van der Waals surface area contributed by atoms with Crippen LogP contribution in [-0.2, 0) is 6.54 Å². The van der Waals surface area contributed by atoms with Crippen molar-refractivity contribution in [3.63, 3.8) is 0 Å². The largest absolute Gasteiger partial charge is 0.258 e. The second-order valence-corrected chi connectivity index (χ2v) is 5.95.